The summed E-state index contributed by atoms with van der Waals surface area (Å²) in [6.45, 7) is 0. The van der Waals surface area contributed by atoms with Crippen molar-refractivity contribution in [2.24, 2.45) is 0 Å². The van der Waals surface area contributed by atoms with Crippen molar-refractivity contribution in [3.05, 3.63) is 36.2 Å². The van der Waals surface area contributed by atoms with Crippen LogP contribution in [0.1, 0.15) is 0 Å². The van der Waals surface area contributed by atoms with Gasteiger partial charge >= 0.3 is 12.1 Å². The van der Waals surface area contributed by atoms with E-state index in [9.17, 15) is 18.0 Å². The van der Waals surface area contributed by atoms with Crippen molar-refractivity contribution in [3.63, 3.8) is 0 Å². The van der Waals surface area contributed by atoms with E-state index >= 15 is 0 Å². The zero-order valence-electron chi connectivity index (χ0n) is 10.7. The minimum atomic E-state index is -4.84. The number of nitrogens with zero attached hydrogens (tertiary/aromatic N) is 1. The standard InChI is InChI=1S/C12H12F3NO4/c1-18-7-8(11(17)19-2)10(12(13,14)15)20-9-5-3-4-6-16-9/h3-7,10H,1-2H3. The molecule has 0 radical (unpaired) electrons. The number of aromatic nitrogens is 1. The molecule has 0 amide bonds. The number of carbonyl (C=O) groups is 1. The van der Waals surface area contributed by atoms with Gasteiger partial charge in [-0.1, -0.05) is 6.07 Å². The van der Waals surface area contributed by atoms with Crippen molar-refractivity contribution < 1.29 is 32.2 Å². The van der Waals surface area contributed by atoms with Crippen molar-refractivity contribution in [2.75, 3.05) is 14.2 Å². The Morgan fingerprint density at radius 1 is 1.35 bits per heavy atom. The van der Waals surface area contributed by atoms with Gasteiger partial charge in [-0.05, 0) is 6.07 Å². The smallest absolute Gasteiger partial charge is 0.430 e. The van der Waals surface area contributed by atoms with Gasteiger partial charge in [0.05, 0.1) is 20.5 Å². The first-order chi connectivity index (χ1) is 9.40. The topological polar surface area (TPSA) is 57.7 Å². The number of ether oxygens (including phenoxy) is 3. The van der Waals surface area contributed by atoms with E-state index in [1.807, 2.05) is 0 Å². The van der Waals surface area contributed by atoms with Gasteiger partial charge in [0.15, 0.2) is 0 Å². The third-order valence-corrected chi connectivity index (χ3v) is 2.12. The zero-order valence-corrected chi connectivity index (χ0v) is 10.7. The molecule has 110 valence electrons. The fraction of sp³-hybridized carbons (Fsp3) is 0.333. The summed E-state index contributed by atoms with van der Waals surface area (Å²) in [6.07, 6.45) is -5.48. The normalized spacial score (nSPS) is 13.6. The summed E-state index contributed by atoms with van der Waals surface area (Å²) < 4.78 is 52.6. The van der Waals surface area contributed by atoms with E-state index in [0.29, 0.717) is 6.26 Å². The van der Waals surface area contributed by atoms with Crippen LogP contribution >= 0.6 is 0 Å². The van der Waals surface area contributed by atoms with Gasteiger partial charge in [0.25, 0.3) is 0 Å². The number of carbonyl (C=O) groups excluding carboxylic acids is 1. The van der Waals surface area contributed by atoms with Crippen LogP contribution < -0.4 is 4.74 Å². The molecule has 1 aromatic rings. The third-order valence-electron chi connectivity index (χ3n) is 2.12. The van der Waals surface area contributed by atoms with Crippen LogP contribution in [0.5, 0.6) is 5.88 Å². The Balaban J connectivity index is 3.11. The molecule has 8 heteroatoms. The summed E-state index contributed by atoms with van der Waals surface area (Å²) in [5.41, 5.74) is -0.812. The molecule has 0 fully saturated rings. The fourth-order valence-corrected chi connectivity index (χ4v) is 1.31. The lowest BCUT2D eigenvalue weighted by atomic mass is 10.1. The molecule has 1 rings (SSSR count). The number of alkyl halides is 3. The molecule has 0 N–H and O–H groups in total. The largest absolute Gasteiger partial charge is 0.504 e. The molecular formula is C12H12F3NO4. The summed E-state index contributed by atoms with van der Waals surface area (Å²) in [7, 11) is 2.07. The van der Waals surface area contributed by atoms with E-state index in [2.05, 4.69) is 14.5 Å². The number of hydrogen-bond acceptors (Lipinski definition) is 5. The number of hydrogen-bond donors (Lipinski definition) is 0. The third kappa shape index (κ3) is 4.15. The van der Waals surface area contributed by atoms with Gasteiger partial charge in [0.1, 0.15) is 5.57 Å². The van der Waals surface area contributed by atoms with Crippen LogP contribution in [-0.2, 0) is 14.3 Å². The minimum Gasteiger partial charge on any atom is -0.504 e. The Kier molecular flexibility index (Phi) is 5.36. The average molecular weight is 291 g/mol. The van der Waals surface area contributed by atoms with Crippen molar-refractivity contribution in [2.45, 2.75) is 12.3 Å². The quantitative estimate of drug-likeness (QED) is 0.472. The molecule has 0 spiro atoms. The van der Waals surface area contributed by atoms with Crippen LogP contribution in [0.4, 0.5) is 13.2 Å². The first-order valence-corrected chi connectivity index (χ1v) is 5.35. The minimum absolute atomic E-state index is 0.277. The van der Waals surface area contributed by atoms with Crippen LogP contribution in [0.25, 0.3) is 0 Å². The molecule has 0 saturated carbocycles. The highest BCUT2D eigenvalue weighted by Gasteiger charge is 2.47. The highest BCUT2D eigenvalue weighted by atomic mass is 19.4. The molecular weight excluding hydrogens is 279 g/mol. The second-order valence-electron chi connectivity index (χ2n) is 3.51. The van der Waals surface area contributed by atoms with Crippen LogP contribution in [0.3, 0.4) is 0 Å². The van der Waals surface area contributed by atoms with Crippen LogP contribution in [0.15, 0.2) is 36.2 Å². The summed E-state index contributed by atoms with van der Waals surface area (Å²) in [4.78, 5) is 15.0. The lowest BCUT2D eigenvalue weighted by Crippen LogP contribution is -2.39. The van der Waals surface area contributed by atoms with Crippen molar-refractivity contribution >= 4 is 5.97 Å². The summed E-state index contributed by atoms with van der Waals surface area (Å²) in [5.74, 6) is -1.48. The highest BCUT2D eigenvalue weighted by molar-refractivity contribution is 5.89. The Labute approximate surface area is 113 Å². The molecule has 0 aliphatic carbocycles. The van der Waals surface area contributed by atoms with Gasteiger partial charge in [-0.3, -0.25) is 0 Å². The number of methoxy groups -OCH3 is 2. The van der Waals surface area contributed by atoms with Gasteiger partial charge in [-0.15, -0.1) is 0 Å². The lowest BCUT2D eigenvalue weighted by molar-refractivity contribution is -0.188. The molecule has 1 unspecified atom stereocenters. The maximum absolute atomic E-state index is 13.0. The Bertz CT molecular complexity index is 473. The highest BCUT2D eigenvalue weighted by Crippen LogP contribution is 2.29. The molecule has 1 aromatic heterocycles. The number of pyridine rings is 1. The van der Waals surface area contributed by atoms with E-state index in [1.165, 1.54) is 24.4 Å². The van der Waals surface area contributed by atoms with Crippen molar-refractivity contribution in [1.29, 1.82) is 0 Å². The summed E-state index contributed by atoms with van der Waals surface area (Å²) >= 11 is 0. The number of rotatable bonds is 5. The van der Waals surface area contributed by atoms with Crippen molar-refractivity contribution in [1.82, 2.24) is 4.98 Å². The van der Waals surface area contributed by atoms with Crippen LogP contribution in [-0.4, -0.2) is 37.5 Å². The second-order valence-corrected chi connectivity index (χ2v) is 3.51. The van der Waals surface area contributed by atoms with E-state index in [4.69, 9.17) is 4.74 Å². The van der Waals surface area contributed by atoms with Gasteiger partial charge in [0.2, 0.25) is 12.0 Å². The Hall–Kier alpha value is -2.25. The molecule has 1 heterocycles. The monoisotopic (exact) mass is 291 g/mol. The number of halogens is 3. The predicted molar refractivity (Wildman–Crippen MR) is 61.8 cm³/mol. The number of esters is 1. The van der Waals surface area contributed by atoms with E-state index < -0.39 is 23.8 Å². The van der Waals surface area contributed by atoms with Crippen molar-refractivity contribution in [3.8, 4) is 5.88 Å². The molecule has 0 aliphatic rings. The lowest BCUT2D eigenvalue weighted by Gasteiger charge is -2.22. The molecule has 20 heavy (non-hydrogen) atoms. The van der Waals surface area contributed by atoms with Gasteiger partial charge in [-0.2, -0.15) is 13.2 Å². The van der Waals surface area contributed by atoms with E-state index in [1.54, 1.807) is 0 Å². The second kappa shape index (κ2) is 6.78. The summed E-state index contributed by atoms with van der Waals surface area (Å²) in [6, 6.07) is 4.20. The molecule has 0 aromatic carbocycles. The van der Waals surface area contributed by atoms with E-state index in [-0.39, 0.29) is 5.88 Å². The zero-order chi connectivity index (χ0) is 15.2. The van der Waals surface area contributed by atoms with Crippen LogP contribution in [0.2, 0.25) is 0 Å². The SMILES string of the molecule is COC=C(C(=O)OC)C(Oc1ccccn1)C(F)(F)F. The predicted octanol–water partition coefficient (Wildman–Crippen LogP) is 2.09. The maximum Gasteiger partial charge on any atom is 0.430 e. The molecule has 0 aliphatic heterocycles. The first-order valence-electron chi connectivity index (χ1n) is 5.35. The maximum atomic E-state index is 13.0. The first kappa shape index (κ1) is 15.8. The molecule has 0 bridgehead atoms. The van der Waals surface area contributed by atoms with Crippen LogP contribution in [0, 0.1) is 0 Å². The average Bonchev–Trinajstić information content (AvgIpc) is 2.42. The molecule has 5 nitrogen and oxygen atoms in total. The Morgan fingerprint density at radius 2 is 2.05 bits per heavy atom. The summed E-state index contributed by atoms with van der Waals surface area (Å²) in [5, 5.41) is 0. The molecule has 1 atom stereocenters. The Morgan fingerprint density at radius 3 is 2.50 bits per heavy atom. The van der Waals surface area contributed by atoms with Gasteiger partial charge in [-0.25, -0.2) is 9.78 Å². The molecule has 0 saturated heterocycles. The van der Waals surface area contributed by atoms with E-state index in [0.717, 1.165) is 14.2 Å². The van der Waals surface area contributed by atoms with Gasteiger partial charge < -0.3 is 14.2 Å². The fourth-order valence-electron chi connectivity index (χ4n) is 1.31. The van der Waals surface area contributed by atoms with Gasteiger partial charge in [0, 0.05) is 12.3 Å².